The molecule has 2 aromatic carbocycles. The Hall–Kier alpha value is -2.95. The van der Waals surface area contributed by atoms with Crippen LogP contribution in [-0.4, -0.2) is 10.9 Å². The summed E-state index contributed by atoms with van der Waals surface area (Å²) in [5, 5.41) is 14.8. The molecule has 3 rings (SSSR count). The van der Waals surface area contributed by atoms with E-state index in [9.17, 15) is 10.0 Å². The highest BCUT2D eigenvalue weighted by atomic mass is 16.8. The predicted molar refractivity (Wildman–Crippen MR) is 72.8 cm³/mol. The molecule has 0 aliphatic heterocycles. The number of aromatic nitrogens is 2. The summed E-state index contributed by atoms with van der Waals surface area (Å²) in [5.41, 5.74) is 2.21. The topological polar surface area (TPSA) is 70.0 Å². The molecule has 0 saturated carbocycles. The Bertz CT molecular complexity index is 791. The largest absolute Gasteiger partial charge is 0.359 e. The van der Waals surface area contributed by atoms with Crippen molar-refractivity contribution in [3.8, 4) is 0 Å². The highest BCUT2D eigenvalue weighted by molar-refractivity contribution is 6.06. The molecule has 0 aliphatic rings. The number of nitrogens with zero attached hydrogens (tertiary/aromatic N) is 2. The Morgan fingerprint density at radius 1 is 1.20 bits per heavy atom. The van der Waals surface area contributed by atoms with E-state index in [-0.39, 0.29) is 5.78 Å². The molecule has 0 saturated heterocycles. The van der Waals surface area contributed by atoms with Gasteiger partial charge in [-0.05, 0) is 22.6 Å². The lowest BCUT2D eigenvalue weighted by molar-refractivity contribution is -0.782. The Kier molecular flexibility index (Phi) is 3.01. The molecular weight excluding hydrogens is 256 g/mol. The number of allylic oxidation sites excluding steroid dienone is 1. The van der Waals surface area contributed by atoms with Gasteiger partial charge in [-0.1, -0.05) is 42.5 Å². The molecular formula is C15H10N2O3. The van der Waals surface area contributed by atoms with Crippen molar-refractivity contribution in [3.63, 3.8) is 0 Å². The second kappa shape index (κ2) is 4.97. The molecule has 20 heavy (non-hydrogen) atoms. The Labute approximate surface area is 114 Å². The maximum absolute atomic E-state index is 11.9. The first-order valence-electron chi connectivity index (χ1n) is 6.01. The lowest BCUT2D eigenvalue weighted by Crippen LogP contribution is -2.22. The minimum absolute atomic E-state index is 0.0789. The minimum Gasteiger partial charge on any atom is -0.359 e. The van der Waals surface area contributed by atoms with Crippen molar-refractivity contribution in [1.29, 1.82) is 0 Å². The molecule has 5 heteroatoms. The summed E-state index contributed by atoms with van der Waals surface area (Å²) in [6, 6.07) is 14.0. The number of carbonyl (C=O) groups excluding carboxylic acids is 1. The molecule has 0 fully saturated rings. The Balaban J connectivity index is 1.85. The third-order valence-electron chi connectivity index (χ3n) is 2.89. The maximum atomic E-state index is 11.9. The van der Waals surface area contributed by atoms with E-state index >= 15 is 0 Å². The van der Waals surface area contributed by atoms with Crippen LogP contribution in [0.3, 0.4) is 0 Å². The van der Waals surface area contributed by atoms with Crippen LogP contribution in [0, 0.1) is 5.21 Å². The first kappa shape index (κ1) is 12.1. The molecule has 98 valence electrons. The lowest BCUT2D eigenvalue weighted by atomic mass is 10.1. The van der Waals surface area contributed by atoms with E-state index in [4.69, 9.17) is 0 Å². The average Bonchev–Trinajstić information content (AvgIpc) is 2.87. The normalized spacial score (nSPS) is 11.2. The summed E-state index contributed by atoms with van der Waals surface area (Å²) in [4.78, 5) is 12.3. The fourth-order valence-electron chi connectivity index (χ4n) is 1.87. The van der Waals surface area contributed by atoms with Crippen molar-refractivity contribution in [1.82, 2.24) is 5.16 Å². The van der Waals surface area contributed by atoms with Crippen molar-refractivity contribution < 1.29 is 14.3 Å². The number of rotatable bonds is 3. The summed E-state index contributed by atoms with van der Waals surface area (Å²) >= 11 is 0. The van der Waals surface area contributed by atoms with E-state index in [2.05, 4.69) is 9.79 Å². The second-order valence-electron chi connectivity index (χ2n) is 4.24. The van der Waals surface area contributed by atoms with Gasteiger partial charge < -0.3 is 5.21 Å². The molecule has 0 radical (unpaired) electrons. The zero-order chi connectivity index (χ0) is 13.9. The number of fused-ring (bicyclic) bond motifs is 1. The smallest absolute Gasteiger partial charge is 0.249 e. The van der Waals surface area contributed by atoms with E-state index < -0.39 is 0 Å². The van der Waals surface area contributed by atoms with Crippen molar-refractivity contribution in [2.75, 3.05) is 0 Å². The summed E-state index contributed by atoms with van der Waals surface area (Å²) in [6.07, 6.45) is 3.17. The third-order valence-corrected chi connectivity index (χ3v) is 2.89. The second-order valence-corrected chi connectivity index (χ2v) is 4.24. The van der Waals surface area contributed by atoms with Gasteiger partial charge in [0.2, 0.25) is 11.0 Å². The number of hydrogen-bond donors (Lipinski definition) is 0. The predicted octanol–water partition coefficient (Wildman–Crippen LogP) is 2.36. The van der Waals surface area contributed by atoms with Crippen LogP contribution in [0.5, 0.6) is 0 Å². The molecule has 0 atom stereocenters. The van der Waals surface area contributed by atoms with Gasteiger partial charge in [-0.3, -0.25) is 9.42 Å². The lowest BCUT2D eigenvalue weighted by Gasteiger charge is -1.94. The minimum atomic E-state index is -0.0789. The van der Waals surface area contributed by atoms with Gasteiger partial charge in [0.05, 0.1) is 0 Å². The quantitative estimate of drug-likeness (QED) is 0.414. The van der Waals surface area contributed by atoms with E-state index in [0.717, 1.165) is 5.56 Å². The van der Waals surface area contributed by atoms with Gasteiger partial charge in [0.25, 0.3) is 0 Å². The molecule has 0 spiro atoms. The molecule has 0 N–H and O–H groups in total. The van der Waals surface area contributed by atoms with Crippen LogP contribution < -0.4 is 4.90 Å². The molecule has 3 aromatic rings. The van der Waals surface area contributed by atoms with Crippen LogP contribution in [0.1, 0.15) is 15.9 Å². The molecule has 1 heterocycles. The van der Waals surface area contributed by atoms with Crippen molar-refractivity contribution >= 4 is 22.9 Å². The van der Waals surface area contributed by atoms with Gasteiger partial charge in [0, 0.05) is 16.8 Å². The fourth-order valence-corrected chi connectivity index (χ4v) is 1.87. The highest BCUT2D eigenvalue weighted by Crippen LogP contribution is 2.12. The number of carbonyl (C=O) groups is 1. The van der Waals surface area contributed by atoms with Gasteiger partial charge in [-0.25, -0.2) is 0 Å². The maximum Gasteiger partial charge on any atom is 0.249 e. The van der Waals surface area contributed by atoms with Gasteiger partial charge >= 0.3 is 0 Å². The monoisotopic (exact) mass is 266 g/mol. The SMILES string of the molecule is O=C(/C=C/c1ccc2c(c1)no[n+]2[O-])c1ccccc1. The number of hydrogen-bond acceptors (Lipinski definition) is 4. The molecule has 0 bridgehead atoms. The summed E-state index contributed by atoms with van der Waals surface area (Å²) in [5.74, 6) is -0.0789. The molecule has 0 aliphatic carbocycles. The molecule has 0 amide bonds. The van der Waals surface area contributed by atoms with Gasteiger partial charge in [0.15, 0.2) is 5.78 Å². The van der Waals surface area contributed by atoms with Crippen molar-refractivity contribution in [2.24, 2.45) is 0 Å². The fraction of sp³-hybridized carbons (Fsp3) is 0. The van der Waals surface area contributed by atoms with Crippen LogP contribution in [0.4, 0.5) is 0 Å². The summed E-state index contributed by atoms with van der Waals surface area (Å²) in [6.45, 7) is 0. The van der Waals surface area contributed by atoms with Crippen molar-refractivity contribution in [3.05, 3.63) is 70.9 Å². The average molecular weight is 266 g/mol. The Morgan fingerprint density at radius 3 is 2.80 bits per heavy atom. The van der Waals surface area contributed by atoms with Crippen LogP contribution in [0.2, 0.25) is 0 Å². The van der Waals surface area contributed by atoms with Crippen LogP contribution in [0.15, 0.2) is 59.2 Å². The highest BCUT2D eigenvalue weighted by Gasteiger charge is 2.08. The number of ketones is 1. The zero-order valence-corrected chi connectivity index (χ0v) is 10.4. The first-order chi connectivity index (χ1) is 9.74. The standard InChI is InChI=1S/C15H10N2O3/c18-15(12-4-2-1-3-5-12)9-7-11-6-8-14-13(10-11)16-20-17(14)19/h1-10H/b9-7+. The zero-order valence-electron chi connectivity index (χ0n) is 10.4. The van der Waals surface area contributed by atoms with E-state index in [1.54, 1.807) is 36.4 Å². The van der Waals surface area contributed by atoms with Gasteiger partial charge in [0.1, 0.15) is 0 Å². The third kappa shape index (κ3) is 2.29. The van der Waals surface area contributed by atoms with Gasteiger partial charge in [-0.15, -0.1) is 0 Å². The number of benzene rings is 2. The first-order valence-corrected chi connectivity index (χ1v) is 6.01. The molecule has 0 unspecified atom stereocenters. The summed E-state index contributed by atoms with van der Waals surface area (Å²) in [7, 11) is 0. The summed E-state index contributed by atoms with van der Waals surface area (Å²) < 4.78 is 4.48. The molecule has 5 nitrogen and oxygen atoms in total. The van der Waals surface area contributed by atoms with E-state index in [1.165, 1.54) is 6.08 Å². The van der Waals surface area contributed by atoms with E-state index in [0.29, 0.717) is 21.5 Å². The van der Waals surface area contributed by atoms with Gasteiger partial charge in [-0.2, -0.15) is 0 Å². The van der Waals surface area contributed by atoms with Crippen LogP contribution in [0.25, 0.3) is 17.1 Å². The molecule has 1 aromatic heterocycles. The van der Waals surface area contributed by atoms with Crippen LogP contribution >= 0.6 is 0 Å². The van der Waals surface area contributed by atoms with Crippen molar-refractivity contribution in [2.45, 2.75) is 0 Å². The van der Waals surface area contributed by atoms with Crippen LogP contribution in [-0.2, 0) is 0 Å². The Morgan fingerprint density at radius 2 is 2.00 bits per heavy atom. The van der Waals surface area contributed by atoms with E-state index in [1.807, 2.05) is 18.2 Å².